The molecule has 0 fully saturated rings. The number of aliphatic hydroxyl groups excluding tert-OH is 1. The van der Waals surface area contributed by atoms with Crippen molar-refractivity contribution in [2.24, 2.45) is 11.8 Å². The maximum Gasteiger partial charge on any atom is 0.472 e. The van der Waals surface area contributed by atoms with Crippen LogP contribution in [-0.2, 0) is 65.4 Å². The molecule has 0 aromatic heterocycles. The van der Waals surface area contributed by atoms with E-state index in [1.807, 2.05) is 0 Å². The predicted molar refractivity (Wildman–Crippen MR) is 368 cm³/mol. The molecule has 0 saturated carbocycles. The third kappa shape index (κ3) is 65.1. The fourth-order valence-corrected chi connectivity index (χ4v) is 12.5. The smallest absolute Gasteiger partial charge is 0.462 e. The fraction of sp³-hybridized carbons (Fsp3) is 0.944. The highest BCUT2D eigenvalue weighted by Crippen LogP contribution is 2.45. The van der Waals surface area contributed by atoms with Gasteiger partial charge in [0, 0.05) is 25.7 Å². The van der Waals surface area contributed by atoms with Crippen LogP contribution in [0.3, 0.4) is 0 Å². The molecule has 3 N–H and O–H groups in total. The zero-order valence-corrected chi connectivity index (χ0v) is 60.9. The molecule has 6 atom stereocenters. The van der Waals surface area contributed by atoms with E-state index in [0.29, 0.717) is 31.6 Å². The minimum Gasteiger partial charge on any atom is -0.462 e. The summed E-state index contributed by atoms with van der Waals surface area (Å²) in [5.74, 6) is -0.612. The number of aliphatic hydroxyl groups is 1. The van der Waals surface area contributed by atoms with E-state index in [0.717, 1.165) is 102 Å². The topological polar surface area (TPSA) is 237 Å². The summed E-state index contributed by atoms with van der Waals surface area (Å²) in [7, 11) is -9.90. The van der Waals surface area contributed by atoms with Crippen molar-refractivity contribution in [3.63, 3.8) is 0 Å². The van der Waals surface area contributed by atoms with E-state index in [1.54, 1.807) is 0 Å². The van der Waals surface area contributed by atoms with Gasteiger partial charge in [0.1, 0.15) is 19.3 Å². The maximum atomic E-state index is 13.0. The number of ether oxygens (including phenoxy) is 4. The number of carbonyl (C=O) groups is 4. The van der Waals surface area contributed by atoms with Crippen LogP contribution >= 0.6 is 15.6 Å². The lowest BCUT2D eigenvalue weighted by molar-refractivity contribution is -0.161. The molecule has 0 saturated heterocycles. The van der Waals surface area contributed by atoms with Crippen LogP contribution < -0.4 is 0 Å². The summed E-state index contributed by atoms with van der Waals surface area (Å²) in [6.45, 7) is 9.50. The van der Waals surface area contributed by atoms with Gasteiger partial charge >= 0.3 is 39.5 Å². The molecule has 0 radical (unpaired) electrons. The Balaban J connectivity index is 5.19. The van der Waals surface area contributed by atoms with Crippen LogP contribution in [0.25, 0.3) is 0 Å². The SMILES string of the molecule is CCCCCCCCCCCCCCCCCCC(=O)OC[C@H](COP(=O)(O)OC[C@@H](O)COP(=O)(O)OC[C@@H](COC(=O)CCCCCCCCCC)OC(=O)CCCCCCCCC(C)C)OC(=O)CCCCCCCCCCCCCCCCC(C)CC. The summed E-state index contributed by atoms with van der Waals surface area (Å²) >= 11 is 0. The highest BCUT2D eigenvalue weighted by Gasteiger charge is 2.30. The molecule has 0 rings (SSSR count). The Hall–Kier alpha value is -1.94. The minimum atomic E-state index is -4.95. The normalized spacial score (nSPS) is 14.4. The Bertz CT molecular complexity index is 1770. The van der Waals surface area contributed by atoms with Crippen LogP contribution in [0.4, 0.5) is 0 Å². The second kappa shape index (κ2) is 64.1. The summed E-state index contributed by atoms with van der Waals surface area (Å²) < 4.78 is 68.2. The average Bonchev–Trinajstić information content (AvgIpc) is 3.21. The first kappa shape index (κ1) is 89.1. The average molecular weight is 1340 g/mol. The Labute approximate surface area is 556 Å². The number of hydrogen-bond donors (Lipinski definition) is 3. The van der Waals surface area contributed by atoms with E-state index in [-0.39, 0.29) is 25.7 Å². The molecular formula is C72H140O17P2. The fourth-order valence-electron chi connectivity index (χ4n) is 10.9. The van der Waals surface area contributed by atoms with Crippen molar-refractivity contribution in [2.45, 2.75) is 387 Å². The minimum absolute atomic E-state index is 0.102. The van der Waals surface area contributed by atoms with Gasteiger partial charge in [-0.2, -0.15) is 0 Å². The Morgan fingerprint density at radius 1 is 0.319 bits per heavy atom. The Morgan fingerprint density at radius 2 is 0.560 bits per heavy atom. The summed E-state index contributed by atoms with van der Waals surface area (Å²) in [6, 6.07) is 0. The van der Waals surface area contributed by atoms with Crippen molar-refractivity contribution >= 4 is 39.5 Å². The number of unbranched alkanes of at least 4 members (excludes halogenated alkanes) is 40. The molecule has 3 unspecified atom stereocenters. The van der Waals surface area contributed by atoms with Gasteiger partial charge in [0.15, 0.2) is 12.2 Å². The van der Waals surface area contributed by atoms with Gasteiger partial charge in [-0.1, -0.05) is 318 Å². The number of hydrogen-bond acceptors (Lipinski definition) is 15. The van der Waals surface area contributed by atoms with Crippen molar-refractivity contribution in [3.05, 3.63) is 0 Å². The highest BCUT2D eigenvalue weighted by atomic mass is 31.2. The number of phosphoric acid groups is 2. The van der Waals surface area contributed by atoms with Crippen LogP contribution in [0.2, 0.25) is 0 Å². The summed E-state index contributed by atoms with van der Waals surface area (Å²) in [5, 5.41) is 10.6. The second-order valence-corrected chi connectivity index (χ2v) is 29.6. The van der Waals surface area contributed by atoms with Crippen molar-refractivity contribution in [1.29, 1.82) is 0 Å². The zero-order valence-electron chi connectivity index (χ0n) is 59.1. The van der Waals surface area contributed by atoms with Crippen LogP contribution in [0, 0.1) is 11.8 Å². The lowest BCUT2D eigenvalue weighted by Crippen LogP contribution is -2.30. The van der Waals surface area contributed by atoms with Gasteiger partial charge in [-0.3, -0.25) is 37.3 Å². The largest absolute Gasteiger partial charge is 0.472 e. The molecule has 0 aliphatic rings. The second-order valence-electron chi connectivity index (χ2n) is 26.7. The lowest BCUT2D eigenvalue weighted by Gasteiger charge is -2.21. The summed E-state index contributed by atoms with van der Waals surface area (Å²) in [5.41, 5.74) is 0. The van der Waals surface area contributed by atoms with Crippen molar-refractivity contribution in [2.75, 3.05) is 39.6 Å². The third-order valence-electron chi connectivity index (χ3n) is 17.1. The quantitative estimate of drug-likeness (QED) is 0.0222. The lowest BCUT2D eigenvalue weighted by atomic mass is 9.99. The first-order valence-corrected chi connectivity index (χ1v) is 40.5. The number of phosphoric ester groups is 2. The van der Waals surface area contributed by atoms with E-state index in [4.69, 9.17) is 37.0 Å². The monoisotopic (exact) mass is 1340 g/mol. The van der Waals surface area contributed by atoms with Crippen LogP contribution in [0.5, 0.6) is 0 Å². The number of carbonyl (C=O) groups excluding carboxylic acids is 4. The molecule has 0 aromatic rings. The van der Waals surface area contributed by atoms with E-state index in [9.17, 15) is 43.2 Å². The molecule has 0 bridgehead atoms. The van der Waals surface area contributed by atoms with Gasteiger partial charge in [-0.15, -0.1) is 0 Å². The van der Waals surface area contributed by atoms with Crippen molar-refractivity contribution in [1.82, 2.24) is 0 Å². The molecule has 19 heteroatoms. The number of esters is 4. The van der Waals surface area contributed by atoms with Gasteiger partial charge in [0.2, 0.25) is 0 Å². The van der Waals surface area contributed by atoms with Crippen LogP contribution in [-0.4, -0.2) is 96.7 Å². The molecule has 0 aliphatic carbocycles. The molecule has 0 aromatic carbocycles. The molecule has 540 valence electrons. The molecule has 0 spiro atoms. The first-order valence-electron chi connectivity index (χ1n) is 37.5. The molecule has 0 heterocycles. The van der Waals surface area contributed by atoms with Crippen LogP contribution in [0.1, 0.15) is 369 Å². The van der Waals surface area contributed by atoms with Crippen LogP contribution in [0.15, 0.2) is 0 Å². The van der Waals surface area contributed by atoms with Crippen molar-refractivity contribution in [3.8, 4) is 0 Å². The Kier molecular flexibility index (Phi) is 62.7. The first-order chi connectivity index (χ1) is 43.9. The molecule has 0 amide bonds. The van der Waals surface area contributed by atoms with Gasteiger partial charge in [0.25, 0.3) is 0 Å². The zero-order chi connectivity index (χ0) is 67.2. The molecular weight excluding hydrogens is 1200 g/mol. The summed E-state index contributed by atoms with van der Waals surface area (Å²) in [4.78, 5) is 72.5. The van der Waals surface area contributed by atoms with E-state index in [1.165, 1.54) is 180 Å². The predicted octanol–water partition coefficient (Wildman–Crippen LogP) is 20.8. The van der Waals surface area contributed by atoms with E-state index >= 15 is 0 Å². The standard InChI is InChI=1S/C72H140O17P2/c1-7-10-12-14-16-18-19-20-21-22-26-29-32-36-43-49-55-70(75)83-60-67(88-71(76)56-50-44-37-33-30-27-24-23-25-28-31-34-41-47-53-65(6)9-3)62-86-90(78,79)84-58-66(73)59-85-91(80,81)87-63-68(61-82-69(74)54-48-42-35-17-15-13-11-8-2)89-72(77)57-51-45-39-38-40-46-52-64(4)5/h64-68,73H,7-63H2,1-6H3,(H,78,79)(H,80,81)/t65?,66-,67-,68-/m1/s1. The van der Waals surface area contributed by atoms with Gasteiger partial charge < -0.3 is 33.8 Å². The van der Waals surface area contributed by atoms with E-state index < -0.39 is 97.5 Å². The maximum absolute atomic E-state index is 13.0. The van der Waals surface area contributed by atoms with Crippen molar-refractivity contribution < 1.29 is 80.2 Å². The highest BCUT2D eigenvalue weighted by molar-refractivity contribution is 7.47. The molecule has 0 aliphatic heterocycles. The molecule has 91 heavy (non-hydrogen) atoms. The molecule has 17 nitrogen and oxygen atoms in total. The number of rotatable bonds is 71. The summed E-state index contributed by atoms with van der Waals surface area (Å²) in [6.07, 6.45) is 50.2. The van der Waals surface area contributed by atoms with Gasteiger partial charge in [0.05, 0.1) is 26.4 Å². The van der Waals surface area contributed by atoms with Gasteiger partial charge in [-0.25, -0.2) is 9.13 Å². The Morgan fingerprint density at radius 3 is 0.835 bits per heavy atom. The van der Waals surface area contributed by atoms with Gasteiger partial charge in [-0.05, 0) is 37.5 Å². The third-order valence-corrected chi connectivity index (χ3v) is 19.0. The van der Waals surface area contributed by atoms with E-state index in [2.05, 4.69) is 41.5 Å².